The number of nitriles is 1. The fraction of sp³-hybridized carbons (Fsp3) is 0.286. The van der Waals surface area contributed by atoms with Gasteiger partial charge in [0.25, 0.3) is 0 Å². The number of allylic oxidation sites excluding steroid dienone is 1. The maximum absolute atomic E-state index is 15.0. The number of hydrogen-bond donors (Lipinski definition) is 1. The number of urea groups is 1. The Bertz CT molecular complexity index is 1530. The summed E-state index contributed by atoms with van der Waals surface area (Å²) in [5.41, 5.74) is 0.0838. The van der Waals surface area contributed by atoms with E-state index in [0.29, 0.717) is 55.5 Å². The molecule has 0 radical (unpaired) electrons. The third-order valence-corrected chi connectivity index (χ3v) is 8.23. The number of rotatable bonds is 7. The second-order valence-electron chi connectivity index (χ2n) is 9.22. The number of alkyl halides is 3. The number of morpholine rings is 1. The second-order valence-corrected chi connectivity index (χ2v) is 10.4. The number of anilines is 1. The Labute approximate surface area is 244 Å². The van der Waals surface area contributed by atoms with Crippen LogP contribution in [0.25, 0.3) is 11.3 Å². The van der Waals surface area contributed by atoms with Crippen molar-refractivity contribution < 1.29 is 27.4 Å². The molecule has 2 aromatic carbocycles. The number of aromatic nitrogens is 3. The summed E-state index contributed by atoms with van der Waals surface area (Å²) >= 11 is 0.303. The smallest absolute Gasteiger partial charge is 0.425 e. The van der Waals surface area contributed by atoms with Gasteiger partial charge in [0.05, 0.1) is 26.0 Å². The molecule has 0 saturated carbocycles. The number of amides is 2. The van der Waals surface area contributed by atoms with Gasteiger partial charge < -0.3 is 19.7 Å². The molecule has 2 aliphatic heterocycles. The van der Waals surface area contributed by atoms with Crippen molar-refractivity contribution in [3.05, 3.63) is 83.7 Å². The van der Waals surface area contributed by atoms with E-state index in [-0.39, 0.29) is 28.5 Å². The van der Waals surface area contributed by atoms with E-state index in [9.17, 15) is 10.1 Å². The first-order valence-corrected chi connectivity index (χ1v) is 13.6. The summed E-state index contributed by atoms with van der Waals surface area (Å²) < 4.78 is 57.3. The van der Waals surface area contributed by atoms with Gasteiger partial charge in [-0.1, -0.05) is 48.2 Å². The topological polar surface area (TPSA) is 109 Å². The number of carbonyl (C=O) groups is 1. The number of benzene rings is 2. The Balaban J connectivity index is 1.75. The maximum atomic E-state index is 15.0. The summed E-state index contributed by atoms with van der Waals surface area (Å²) in [7, 11) is 1.40. The van der Waals surface area contributed by atoms with Crippen molar-refractivity contribution in [1.29, 1.82) is 5.26 Å². The molecular weight excluding hydrogens is 571 g/mol. The molecular formula is C28H26F3N7O3S. The first kappa shape index (κ1) is 29.0. The molecule has 0 aliphatic carbocycles. The normalized spacial score (nSPS) is 20.5. The van der Waals surface area contributed by atoms with E-state index in [2.05, 4.69) is 22.1 Å². The molecule has 218 valence electrons. The van der Waals surface area contributed by atoms with E-state index >= 15 is 13.2 Å². The zero-order valence-corrected chi connectivity index (χ0v) is 23.3. The minimum atomic E-state index is -4.97. The molecule has 1 atom stereocenters. The van der Waals surface area contributed by atoms with Gasteiger partial charge in [-0.25, -0.2) is 4.79 Å². The Kier molecular flexibility index (Phi) is 8.15. The average molecular weight is 598 g/mol. The lowest BCUT2D eigenvalue weighted by Crippen LogP contribution is -2.60. The largest absolute Gasteiger partial charge is 0.497 e. The summed E-state index contributed by atoms with van der Waals surface area (Å²) in [5, 5.41) is 21.0. The van der Waals surface area contributed by atoms with E-state index in [1.807, 2.05) is 17.0 Å². The lowest BCUT2D eigenvalue weighted by atomic mass is 10.1. The van der Waals surface area contributed by atoms with Crippen molar-refractivity contribution in [3.8, 4) is 17.5 Å². The number of halogens is 3. The Morgan fingerprint density at radius 2 is 1.88 bits per heavy atom. The number of nitrogens with one attached hydrogen (secondary N) is 1. The molecule has 0 spiro atoms. The third-order valence-electron chi connectivity index (χ3n) is 6.73. The molecule has 42 heavy (non-hydrogen) atoms. The van der Waals surface area contributed by atoms with Crippen molar-refractivity contribution in [2.24, 2.45) is 0 Å². The van der Waals surface area contributed by atoms with Gasteiger partial charge in [0, 0.05) is 19.6 Å². The lowest BCUT2D eigenvalue weighted by Gasteiger charge is -2.44. The van der Waals surface area contributed by atoms with Gasteiger partial charge in [0.2, 0.25) is 10.8 Å². The molecule has 3 heterocycles. The highest BCUT2D eigenvalue weighted by molar-refractivity contribution is 8.04. The highest BCUT2D eigenvalue weighted by Gasteiger charge is 2.62. The highest BCUT2D eigenvalue weighted by atomic mass is 32.2. The third kappa shape index (κ3) is 5.17. The van der Waals surface area contributed by atoms with E-state index in [1.54, 1.807) is 28.8 Å². The van der Waals surface area contributed by atoms with Gasteiger partial charge in [-0.05, 0) is 29.8 Å². The van der Waals surface area contributed by atoms with Crippen LogP contribution in [0.15, 0.2) is 72.3 Å². The molecule has 10 nitrogen and oxygen atoms in total. The molecule has 0 bridgehead atoms. The van der Waals surface area contributed by atoms with Crippen molar-refractivity contribution in [1.82, 2.24) is 25.0 Å². The molecule has 1 N–H and O–H groups in total. The minimum absolute atomic E-state index is 0.0118. The molecule has 2 saturated heterocycles. The summed E-state index contributed by atoms with van der Waals surface area (Å²) in [5.74, 6) is 0.726. The van der Waals surface area contributed by atoms with Gasteiger partial charge in [-0.3, -0.25) is 9.47 Å². The van der Waals surface area contributed by atoms with E-state index in [1.165, 1.54) is 37.5 Å². The summed E-state index contributed by atoms with van der Waals surface area (Å²) in [6.45, 7) is 5.38. The monoisotopic (exact) mass is 597 g/mol. The van der Waals surface area contributed by atoms with Crippen LogP contribution in [0.2, 0.25) is 0 Å². The van der Waals surface area contributed by atoms with Gasteiger partial charge in [0.1, 0.15) is 22.4 Å². The predicted molar refractivity (Wildman–Crippen MR) is 151 cm³/mol. The number of methoxy groups -OCH3 is 1. The number of nitrogens with zero attached hydrogens (tertiary/aromatic N) is 6. The summed E-state index contributed by atoms with van der Waals surface area (Å²) in [4.78, 5) is 13.5. The minimum Gasteiger partial charge on any atom is -0.497 e. The van der Waals surface area contributed by atoms with Crippen LogP contribution < -0.4 is 15.0 Å². The van der Waals surface area contributed by atoms with Crippen LogP contribution in [0.1, 0.15) is 11.4 Å². The average Bonchev–Trinajstić information content (AvgIpc) is 3.44. The quantitative estimate of drug-likeness (QED) is 0.310. The molecule has 2 aliphatic rings. The summed E-state index contributed by atoms with van der Waals surface area (Å²) in [6, 6.07) is 15.1. The lowest BCUT2D eigenvalue weighted by molar-refractivity contribution is -0.168. The van der Waals surface area contributed by atoms with Crippen molar-refractivity contribution in [3.63, 3.8) is 0 Å². The molecule has 2 fully saturated rings. The Morgan fingerprint density at radius 3 is 2.48 bits per heavy atom. The van der Waals surface area contributed by atoms with Crippen LogP contribution in [0.4, 0.5) is 23.9 Å². The Hall–Kier alpha value is -4.48. The van der Waals surface area contributed by atoms with Crippen LogP contribution in [-0.2, 0) is 9.61 Å². The van der Waals surface area contributed by atoms with Crippen molar-refractivity contribution in [2.45, 2.75) is 11.0 Å². The molecule has 5 rings (SSSR count). The van der Waals surface area contributed by atoms with E-state index in [0.717, 1.165) is 4.90 Å². The van der Waals surface area contributed by atoms with Crippen molar-refractivity contribution >= 4 is 29.3 Å². The standard InChI is InChI=1S/C28H26F3N7O3S/c1-3-13-37-24(42-27(28(29,30)31,33-26(37)39)19-9-11-21(40-2)12-10-19)22(18-32)23-34-35-25(36-14-16-41-17-15-36)38(23)20-7-5-4-6-8-20/h3-12H,1,13-17H2,2H3,(H,33,39)/b24-22-. The second kappa shape index (κ2) is 11.8. The van der Waals surface area contributed by atoms with Crippen LogP contribution in [0.5, 0.6) is 5.75 Å². The van der Waals surface area contributed by atoms with Crippen molar-refractivity contribution in [2.75, 3.05) is 44.9 Å². The first-order valence-electron chi connectivity index (χ1n) is 12.8. The fourth-order valence-corrected chi connectivity index (χ4v) is 5.99. The van der Waals surface area contributed by atoms with Gasteiger partial charge in [-0.15, -0.1) is 16.8 Å². The van der Waals surface area contributed by atoms with Crippen LogP contribution in [-0.4, -0.2) is 71.8 Å². The van der Waals surface area contributed by atoms with Gasteiger partial charge >= 0.3 is 12.2 Å². The van der Waals surface area contributed by atoms with Crippen LogP contribution >= 0.6 is 11.8 Å². The number of hydrogen-bond acceptors (Lipinski definition) is 8. The van der Waals surface area contributed by atoms with E-state index < -0.39 is 17.1 Å². The number of para-hydroxylation sites is 1. The zero-order chi connectivity index (χ0) is 29.9. The Morgan fingerprint density at radius 1 is 1.19 bits per heavy atom. The molecule has 1 aromatic heterocycles. The number of thioether (sulfide) groups is 1. The number of carbonyl (C=O) groups excluding carboxylic acids is 1. The summed E-state index contributed by atoms with van der Waals surface area (Å²) in [6.07, 6.45) is -3.61. The van der Waals surface area contributed by atoms with Gasteiger partial charge in [0.15, 0.2) is 5.82 Å². The SMILES string of the molecule is C=CCN1C(=O)NC(c2ccc(OC)cc2)(C(F)(F)F)S/C1=C(/C#N)c1nnc(N2CCOCC2)n1-c1ccccc1. The molecule has 2 amide bonds. The zero-order valence-electron chi connectivity index (χ0n) is 22.5. The molecule has 3 aromatic rings. The highest BCUT2D eigenvalue weighted by Crippen LogP contribution is 2.54. The molecule has 14 heteroatoms. The molecule has 1 unspecified atom stereocenters. The van der Waals surface area contributed by atoms with E-state index in [4.69, 9.17) is 9.47 Å². The maximum Gasteiger partial charge on any atom is 0.425 e. The first-order chi connectivity index (χ1) is 20.2. The predicted octanol–water partition coefficient (Wildman–Crippen LogP) is 4.66. The fourth-order valence-electron chi connectivity index (χ4n) is 4.68. The van der Waals surface area contributed by atoms with Crippen LogP contribution in [0, 0.1) is 11.3 Å². The van der Waals surface area contributed by atoms with Gasteiger partial charge in [-0.2, -0.15) is 18.4 Å². The van der Waals surface area contributed by atoms with Crippen LogP contribution in [0.3, 0.4) is 0 Å². The number of ether oxygens (including phenoxy) is 2.